The third kappa shape index (κ3) is 4.26. The van der Waals surface area contributed by atoms with Crippen LogP contribution in [-0.4, -0.2) is 37.6 Å². The van der Waals surface area contributed by atoms with Crippen LogP contribution in [0, 0.1) is 0 Å². The van der Waals surface area contributed by atoms with Gasteiger partial charge in [-0.2, -0.15) is 0 Å². The van der Waals surface area contributed by atoms with Gasteiger partial charge in [0.05, 0.1) is 11.4 Å². The van der Waals surface area contributed by atoms with E-state index in [9.17, 15) is 9.59 Å². The predicted octanol–water partition coefficient (Wildman–Crippen LogP) is 1.82. The Balaban J connectivity index is 1.35. The summed E-state index contributed by atoms with van der Waals surface area (Å²) in [5.74, 6) is 1.12. The monoisotopic (exact) mass is 346 g/mol. The molecule has 0 spiro atoms. The fourth-order valence-electron chi connectivity index (χ4n) is 2.26. The zero-order valence-electron chi connectivity index (χ0n) is 13.0. The van der Waals surface area contributed by atoms with Gasteiger partial charge in [-0.25, -0.2) is 0 Å². The number of rotatable bonds is 6. The molecule has 1 aromatic heterocycles. The number of amides is 2. The first-order valence-electron chi connectivity index (χ1n) is 7.69. The van der Waals surface area contributed by atoms with Crippen molar-refractivity contribution in [3.63, 3.8) is 0 Å². The smallest absolute Gasteiger partial charge is 0.261 e. The summed E-state index contributed by atoms with van der Waals surface area (Å²) in [5, 5.41) is 7.36. The van der Waals surface area contributed by atoms with Crippen molar-refractivity contribution in [2.75, 3.05) is 19.7 Å². The van der Waals surface area contributed by atoms with Crippen molar-refractivity contribution in [1.82, 2.24) is 10.6 Å². The fraction of sp³-hybridized carbons (Fsp3) is 0.294. The number of fused-ring (bicyclic) bond motifs is 1. The van der Waals surface area contributed by atoms with Crippen LogP contribution >= 0.6 is 11.3 Å². The second-order valence-corrected chi connectivity index (χ2v) is 6.23. The van der Waals surface area contributed by atoms with Gasteiger partial charge in [-0.05, 0) is 23.6 Å². The summed E-state index contributed by atoms with van der Waals surface area (Å²) in [6.45, 7) is 1.06. The van der Waals surface area contributed by atoms with Crippen molar-refractivity contribution >= 4 is 23.2 Å². The maximum atomic E-state index is 11.8. The Kier molecular flexibility index (Phi) is 5.32. The first-order valence-corrected chi connectivity index (χ1v) is 8.57. The highest BCUT2D eigenvalue weighted by molar-refractivity contribution is 7.12. The molecule has 0 unspecified atom stereocenters. The Morgan fingerprint density at radius 2 is 1.96 bits per heavy atom. The number of thiophene rings is 1. The van der Waals surface area contributed by atoms with E-state index in [-0.39, 0.29) is 24.3 Å². The molecule has 0 bridgehead atoms. The Hall–Kier alpha value is -2.54. The maximum Gasteiger partial charge on any atom is 0.261 e. The Morgan fingerprint density at radius 1 is 1.12 bits per heavy atom. The minimum absolute atomic E-state index is 0.135. The number of para-hydroxylation sites is 2. The van der Waals surface area contributed by atoms with E-state index in [2.05, 4.69) is 10.6 Å². The molecule has 0 fully saturated rings. The number of carbonyl (C=O) groups excluding carboxylic acids is 2. The van der Waals surface area contributed by atoms with Crippen molar-refractivity contribution < 1.29 is 19.1 Å². The van der Waals surface area contributed by atoms with Crippen LogP contribution in [0.25, 0.3) is 0 Å². The summed E-state index contributed by atoms with van der Waals surface area (Å²) in [7, 11) is 0. The van der Waals surface area contributed by atoms with Crippen LogP contribution in [-0.2, 0) is 4.79 Å². The lowest BCUT2D eigenvalue weighted by Gasteiger charge is -2.26. The number of nitrogens with one attached hydrogen (secondary N) is 2. The molecule has 2 N–H and O–H groups in total. The van der Waals surface area contributed by atoms with Crippen LogP contribution in [0.1, 0.15) is 16.1 Å². The lowest BCUT2D eigenvalue weighted by Crippen LogP contribution is -2.41. The quantitative estimate of drug-likeness (QED) is 0.837. The van der Waals surface area contributed by atoms with Gasteiger partial charge in [0, 0.05) is 13.0 Å². The first kappa shape index (κ1) is 16.3. The van der Waals surface area contributed by atoms with Gasteiger partial charge >= 0.3 is 0 Å². The van der Waals surface area contributed by atoms with Gasteiger partial charge in [0.2, 0.25) is 5.91 Å². The predicted molar refractivity (Wildman–Crippen MR) is 90.6 cm³/mol. The normalized spacial score (nSPS) is 15.6. The van der Waals surface area contributed by atoms with E-state index in [0.29, 0.717) is 30.3 Å². The van der Waals surface area contributed by atoms with E-state index in [4.69, 9.17) is 9.47 Å². The van der Waals surface area contributed by atoms with Crippen LogP contribution in [0.4, 0.5) is 0 Å². The molecule has 2 aromatic rings. The second kappa shape index (κ2) is 7.83. The van der Waals surface area contributed by atoms with Crippen LogP contribution in [0.3, 0.4) is 0 Å². The topological polar surface area (TPSA) is 76.7 Å². The van der Waals surface area contributed by atoms with E-state index in [0.717, 1.165) is 5.75 Å². The van der Waals surface area contributed by atoms with Crippen molar-refractivity contribution in [1.29, 1.82) is 0 Å². The van der Waals surface area contributed by atoms with E-state index in [1.165, 1.54) is 11.3 Å². The summed E-state index contributed by atoms with van der Waals surface area (Å²) in [6, 6.07) is 11.0. The van der Waals surface area contributed by atoms with Crippen LogP contribution in [0.5, 0.6) is 11.5 Å². The van der Waals surface area contributed by atoms with Gasteiger partial charge in [-0.1, -0.05) is 18.2 Å². The van der Waals surface area contributed by atoms with Crippen LogP contribution in [0.15, 0.2) is 41.8 Å². The molecule has 1 aromatic carbocycles. The summed E-state index contributed by atoms with van der Waals surface area (Å²) in [5.41, 5.74) is 0. The highest BCUT2D eigenvalue weighted by Gasteiger charge is 2.20. The lowest BCUT2D eigenvalue weighted by atomic mass is 10.2. The summed E-state index contributed by atoms with van der Waals surface area (Å²) in [6.07, 6.45) is 0.00549. The molecule has 1 aliphatic rings. The highest BCUT2D eigenvalue weighted by Crippen LogP contribution is 2.30. The Morgan fingerprint density at radius 3 is 2.75 bits per heavy atom. The van der Waals surface area contributed by atoms with Gasteiger partial charge in [0.1, 0.15) is 12.7 Å². The summed E-state index contributed by atoms with van der Waals surface area (Å²) < 4.78 is 11.4. The summed E-state index contributed by atoms with van der Waals surface area (Å²) >= 11 is 1.37. The number of hydrogen-bond acceptors (Lipinski definition) is 5. The number of benzene rings is 1. The molecular formula is C17H18N2O4S. The minimum atomic E-state index is -0.218. The minimum Gasteiger partial charge on any atom is -0.486 e. The molecular weight excluding hydrogens is 328 g/mol. The number of hydrogen-bond donors (Lipinski definition) is 2. The molecule has 2 heterocycles. The van der Waals surface area contributed by atoms with Gasteiger partial charge < -0.3 is 20.1 Å². The molecule has 0 radical (unpaired) electrons. The third-order valence-electron chi connectivity index (χ3n) is 3.48. The fourth-order valence-corrected chi connectivity index (χ4v) is 2.90. The molecule has 3 rings (SSSR count). The standard InChI is InChI=1S/C17H18N2O4S/c20-16(7-8-18-17(21)15-6-3-9-24-15)19-10-12-11-22-13-4-1-2-5-14(13)23-12/h1-6,9,12H,7-8,10-11H2,(H,18,21)(H,19,20)/t12-/m0/s1. The average Bonchev–Trinajstić information content (AvgIpc) is 3.14. The van der Waals surface area contributed by atoms with Crippen molar-refractivity contribution in [2.45, 2.75) is 12.5 Å². The molecule has 126 valence electrons. The van der Waals surface area contributed by atoms with Gasteiger partial charge in [0.15, 0.2) is 11.5 Å². The Bertz CT molecular complexity index is 702. The molecule has 1 aliphatic heterocycles. The molecule has 7 heteroatoms. The zero-order chi connectivity index (χ0) is 16.8. The van der Waals surface area contributed by atoms with Crippen molar-refractivity contribution in [3.05, 3.63) is 46.7 Å². The van der Waals surface area contributed by atoms with Gasteiger partial charge in [-0.15, -0.1) is 11.3 Å². The van der Waals surface area contributed by atoms with E-state index in [1.54, 1.807) is 6.07 Å². The van der Waals surface area contributed by atoms with Crippen LogP contribution in [0.2, 0.25) is 0 Å². The van der Waals surface area contributed by atoms with E-state index in [1.807, 2.05) is 35.7 Å². The largest absolute Gasteiger partial charge is 0.486 e. The Labute approximate surface area is 143 Å². The SMILES string of the molecule is O=C(CCNC(=O)c1cccs1)NC[C@H]1COc2ccccc2O1. The second-order valence-electron chi connectivity index (χ2n) is 5.28. The van der Waals surface area contributed by atoms with Crippen LogP contribution < -0.4 is 20.1 Å². The van der Waals surface area contributed by atoms with Crippen molar-refractivity contribution in [2.24, 2.45) is 0 Å². The molecule has 0 saturated carbocycles. The molecule has 6 nitrogen and oxygen atoms in total. The highest BCUT2D eigenvalue weighted by atomic mass is 32.1. The lowest BCUT2D eigenvalue weighted by molar-refractivity contribution is -0.121. The number of carbonyl (C=O) groups is 2. The first-order chi connectivity index (χ1) is 11.7. The van der Waals surface area contributed by atoms with Crippen molar-refractivity contribution in [3.8, 4) is 11.5 Å². The third-order valence-corrected chi connectivity index (χ3v) is 4.35. The van der Waals surface area contributed by atoms with Gasteiger partial charge in [0.25, 0.3) is 5.91 Å². The van der Waals surface area contributed by atoms with E-state index >= 15 is 0 Å². The molecule has 2 amide bonds. The average molecular weight is 346 g/mol. The molecule has 0 saturated heterocycles. The van der Waals surface area contributed by atoms with Gasteiger partial charge in [-0.3, -0.25) is 9.59 Å². The zero-order valence-corrected chi connectivity index (χ0v) is 13.8. The molecule has 0 aliphatic carbocycles. The molecule has 1 atom stereocenters. The summed E-state index contributed by atoms with van der Waals surface area (Å²) in [4.78, 5) is 24.2. The molecule has 24 heavy (non-hydrogen) atoms. The number of ether oxygens (including phenoxy) is 2. The maximum absolute atomic E-state index is 11.8. The van der Waals surface area contributed by atoms with E-state index < -0.39 is 0 Å².